The van der Waals surface area contributed by atoms with E-state index in [0.29, 0.717) is 28.3 Å². The summed E-state index contributed by atoms with van der Waals surface area (Å²) in [5, 5.41) is 0.0440. The third-order valence-electron chi connectivity index (χ3n) is 3.14. The summed E-state index contributed by atoms with van der Waals surface area (Å²) in [4.78, 5) is 31.4. The zero-order chi connectivity index (χ0) is 15.7. The van der Waals surface area contributed by atoms with E-state index in [0.717, 1.165) is 6.26 Å². The predicted molar refractivity (Wildman–Crippen MR) is 85.7 cm³/mol. The van der Waals surface area contributed by atoms with Crippen LogP contribution in [0.25, 0.3) is 11.0 Å². The number of nitrogens with zero attached hydrogens (tertiary/aromatic N) is 2. The molecular weight excluding hydrogens is 324 g/mol. The largest absolute Gasteiger partial charge is 0.463 e. The molecule has 0 saturated heterocycles. The first kappa shape index (κ1) is 14.7. The molecule has 0 N–H and O–H groups in total. The van der Waals surface area contributed by atoms with E-state index in [2.05, 4.69) is 22.6 Å². The fourth-order valence-corrected chi connectivity index (χ4v) is 2.67. The van der Waals surface area contributed by atoms with Gasteiger partial charge in [0, 0.05) is 23.0 Å². The number of thiol groups is 1. The molecule has 1 unspecified atom stereocenters. The number of benzene rings is 1. The van der Waals surface area contributed by atoms with E-state index in [4.69, 9.17) is 16.0 Å². The summed E-state index contributed by atoms with van der Waals surface area (Å²) >= 11 is 10.6. The van der Waals surface area contributed by atoms with Crippen LogP contribution in [0.5, 0.6) is 0 Å². The Labute approximate surface area is 135 Å². The van der Waals surface area contributed by atoms with Crippen LogP contribution in [-0.2, 0) is 0 Å². The average molecular weight is 333 g/mol. The summed E-state index contributed by atoms with van der Waals surface area (Å²) in [6.07, 6.45) is 4.77. The smallest absolute Gasteiger partial charge is 0.203 e. The van der Waals surface area contributed by atoms with E-state index in [1.165, 1.54) is 6.07 Å². The lowest BCUT2D eigenvalue weighted by Crippen LogP contribution is -2.09. The molecule has 3 rings (SSSR count). The van der Waals surface area contributed by atoms with Crippen LogP contribution >= 0.6 is 24.2 Å². The number of aromatic nitrogens is 2. The van der Waals surface area contributed by atoms with Crippen molar-refractivity contribution in [1.29, 1.82) is 0 Å². The van der Waals surface area contributed by atoms with Crippen molar-refractivity contribution in [2.45, 2.75) is 5.25 Å². The zero-order valence-electron chi connectivity index (χ0n) is 11.1. The molecule has 0 aliphatic rings. The Hall–Kier alpha value is -2.18. The summed E-state index contributed by atoms with van der Waals surface area (Å²) in [7, 11) is 0. The second kappa shape index (κ2) is 5.90. The summed E-state index contributed by atoms with van der Waals surface area (Å²) in [6.45, 7) is 0. The van der Waals surface area contributed by atoms with E-state index < -0.39 is 10.7 Å². The first-order valence-electron chi connectivity index (χ1n) is 6.27. The van der Waals surface area contributed by atoms with Crippen molar-refractivity contribution in [3.05, 3.63) is 69.1 Å². The summed E-state index contributed by atoms with van der Waals surface area (Å²) in [5.74, 6) is 0.455. The highest BCUT2D eigenvalue weighted by Gasteiger charge is 2.19. The van der Waals surface area contributed by atoms with Crippen LogP contribution in [0.4, 0.5) is 0 Å². The van der Waals surface area contributed by atoms with E-state index in [1.54, 1.807) is 24.5 Å². The van der Waals surface area contributed by atoms with Gasteiger partial charge in [-0.05, 0) is 18.2 Å². The number of aldehydes is 1. The minimum atomic E-state index is -0.521. The molecule has 5 nitrogen and oxygen atoms in total. The number of carbonyl (C=O) groups is 1. The maximum absolute atomic E-state index is 12.2. The van der Waals surface area contributed by atoms with Crippen molar-refractivity contribution in [2.75, 3.05) is 0 Å². The Morgan fingerprint density at radius 3 is 2.68 bits per heavy atom. The third kappa shape index (κ3) is 2.51. The molecule has 22 heavy (non-hydrogen) atoms. The van der Waals surface area contributed by atoms with Gasteiger partial charge < -0.3 is 4.42 Å². The van der Waals surface area contributed by atoms with E-state index in [9.17, 15) is 9.59 Å². The highest BCUT2D eigenvalue weighted by molar-refractivity contribution is 7.80. The molecule has 0 radical (unpaired) electrons. The van der Waals surface area contributed by atoms with Crippen LogP contribution in [0, 0.1) is 0 Å². The minimum Gasteiger partial charge on any atom is -0.463 e. The number of fused-ring (bicyclic) bond motifs is 1. The molecule has 2 heterocycles. The standard InChI is InChI=1S/C15H9ClN2O3S/c16-9-4-10-12(20)8(6-19)7-21-13(10)11(5-9)14(22)15-17-2-1-3-18-15/h1-7,14,22H. The maximum atomic E-state index is 12.2. The molecular formula is C15H9ClN2O3S. The fraction of sp³-hybridized carbons (Fsp3) is 0.0667. The van der Waals surface area contributed by atoms with Gasteiger partial charge >= 0.3 is 0 Å². The van der Waals surface area contributed by atoms with Crippen molar-refractivity contribution < 1.29 is 9.21 Å². The van der Waals surface area contributed by atoms with Gasteiger partial charge in [0.15, 0.2) is 6.29 Å². The van der Waals surface area contributed by atoms with Crippen LogP contribution in [-0.4, -0.2) is 16.3 Å². The Morgan fingerprint density at radius 1 is 1.27 bits per heavy atom. The Morgan fingerprint density at radius 2 is 2.00 bits per heavy atom. The first-order chi connectivity index (χ1) is 10.6. The lowest BCUT2D eigenvalue weighted by Gasteiger charge is -2.12. The third-order valence-corrected chi connectivity index (χ3v) is 3.87. The highest BCUT2D eigenvalue weighted by atomic mass is 35.5. The fourth-order valence-electron chi connectivity index (χ4n) is 2.12. The van der Waals surface area contributed by atoms with E-state index >= 15 is 0 Å². The van der Waals surface area contributed by atoms with Gasteiger partial charge in [0.2, 0.25) is 5.43 Å². The molecule has 3 aromatic rings. The SMILES string of the molecule is O=Cc1coc2c(C(S)c3ncccn3)cc(Cl)cc2c1=O. The highest BCUT2D eigenvalue weighted by Crippen LogP contribution is 2.33. The second-order valence-electron chi connectivity index (χ2n) is 4.52. The molecule has 1 aromatic carbocycles. The van der Waals surface area contributed by atoms with Gasteiger partial charge in [-0.2, -0.15) is 12.6 Å². The van der Waals surface area contributed by atoms with Crippen molar-refractivity contribution in [3.63, 3.8) is 0 Å². The maximum Gasteiger partial charge on any atom is 0.203 e. The molecule has 1 atom stereocenters. The van der Waals surface area contributed by atoms with Crippen LogP contribution in [0.2, 0.25) is 5.02 Å². The van der Waals surface area contributed by atoms with Crippen molar-refractivity contribution in [2.24, 2.45) is 0 Å². The van der Waals surface area contributed by atoms with Crippen LogP contribution in [0.15, 0.2) is 46.1 Å². The topological polar surface area (TPSA) is 73.1 Å². The summed E-state index contributed by atoms with van der Waals surface area (Å²) in [5.41, 5.74) is 0.376. The van der Waals surface area contributed by atoms with Crippen LogP contribution in [0.1, 0.15) is 27.0 Å². The van der Waals surface area contributed by atoms with Crippen molar-refractivity contribution in [3.8, 4) is 0 Å². The number of carbonyl (C=O) groups excluding carboxylic acids is 1. The molecule has 2 aromatic heterocycles. The lowest BCUT2D eigenvalue weighted by atomic mass is 10.1. The summed E-state index contributed by atoms with van der Waals surface area (Å²) < 4.78 is 5.45. The Bertz CT molecular complexity index is 912. The molecule has 0 fully saturated rings. The Kier molecular flexibility index (Phi) is 3.96. The quantitative estimate of drug-likeness (QED) is 0.589. The molecule has 0 bridgehead atoms. The minimum absolute atomic E-state index is 0.0626. The average Bonchev–Trinajstić information content (AvgIpc) is 2.55. The summed E-state index contributed by atoms with van der Waals surface area (Å²) in [6, 6.07) is 4.80. The first-order valence-corrected chi connectivity index (χ1v) is 7.16. The van der Waals surface area contributed by atoms with Crippen LogP contribution < -0.4 is 5.43 Å². The molecule has 110 valence electrons. The molecule has 0 spiro atoms. The van der Waals surface area contributed by atoms with Crippen LogP contribution in [0.3, 0.4) is 0 Å². The van der Waals surface area contributed by atoms with Gasteiger partial charge in [-0.1, -0.05) is 11.6 Å². The lowest BCUT2D eigenvalue weighted by molar-refractivity contribution is 0.112. The number of rotatable bonds is 3. The monoisotopic (exact) mass is 332 g/mol. The Balaban J connectivity index is 2.28. The molecule has 0 saturated carbocycles. The van der Waals surface area contributed by atoms with Gasteiger partial charge in [-0.3, -0.25) is 9.59 Å². The van der Waals surface area contributed by atoms with Gasteiger partial charge in [-0.25, -0.2) is 9.97 Å². The normalized spacial score (nSPS) is 12.3. The van der Waals surface area contributed by atoms with Gasteiger partial charge in [-0.15, -0.1) is 0 Å². The van der Waals surface area contributed by atoms with Gasteiger partial charge in [0.1, 0.15) is 17.7 Å². The van der Waals surface area contributed by atoms with E-state index in [-0.39, 0.29) is 10.9 Å². The van der Waals surface area contributed by atoms with E-state index in [1.807, 2.05) is 0 Å². The van der Waals surface area contributed by atoms with Crippen molar-refractivity contribution in [1.82, 2.24) is 9.97 Å². The second-order valence-corrected chi connectivity index (χ2v) is 5.47. The number of halogens is 1. The number of hydrogen-bond donors (Lipinski definition) is 1. The zero-order valence-corrected chi connectivity index (χ0v) is 12.7. The van der Waals surface area contributed by atoms with Gasteiger partial charge in [0.05, 0.1) is 16.2 Å². The molecule has 0 amide bonds. The molecule has 0 aliphatic carbocycles. The van der Waals surface area contributed by atoms with Gasteiger partial charge in [0.25, 0.3) is 0 Å². The predicted octanol–water partition coefficient (Wildman–Crippen LogP) is 3.07. The molecule has 7 heteroatoms. The van der Waals surface area contributed by atoms with Crippen molar-refractivity contribution >= 4 is 41.5 Å². The molecule has 0 aliphatic heterocycles. The number of hydrogen-bond acceptors (Lipinski definition) is 6.